The zero-order valence-corrected chi connectivity index (χ0v) is 13.4. The lowest BCUT2D eigenvalue weighted by Gasteiger charge is -2.21. The molecule has 2 N–H and O–H groups in total. The summed E-state index contributed by atoms with van der Waals surface area (Å²) in [5.74, 6) is -1.18. The molecule has 122 valence electrons. The zero-order valence-electron chi connectivity index (χ0n) is 12.6. The molecule has 5 nitrogen and oxygen atoms in total. The molecule has 0 saturated heterocycles. The van der Waals surface area contributed by atoms with E-state index >= 15 is 0 Å². The quantitative estimate of drug-likeness (QED) is 0.873. The summed E-state index contributed by atoms with van der Waals surface area (Å²) in [6, 6.07) is 11.7. The summed E-state index contributed by atoms with van der Waals surface area (Å²) >= 11 is 0. The molecule has 0 aliphatic rings. The number of sulfonamides is 1. The molecule has 1 amide bonds. The third-order valence-electron chi connectivity index (χ3n) is 3.26. The van der Waals surface area contributed by atoms with Crippen LogP contribution in [0.5, 0.6) is 0 Å². The minimum absolute atomic E-state index is 0.0700. The van der Waals surface area contributed by atoms with E-state index in [0.717, 1.165) is 9.87 Å². The molecule has 2 rings (SSSR count). The number of halogens is 1. The topological polar surface area (TPSA) is 80.5 Å². The minimum atomic E-state index is -3.88. The standard InChI is InChI=1S/C16H17FN2O3S/c1-12-2-8-15(9-3-12)23(21,22)19(11-16(18)20)10-13-4-6-14(17)7-5-13/h2-9H,10-11H2,1H3,(H2,18,20). The van der Waals surface area contributed by atoms with Crippen LogP contribution in [0.15, 0.2) is 53.4 Å². The number of aryl methyl sites for hydroxylation is 1. The smallest absolute Gasteiger partial charge is 0.243 e. The number of rotatable bonds is 6. The molecule has 0 fully saturated rings. The highest BCUT2D eigenvalue weighted by molar-refractivity contribution is 7.89. The first-order valence-electron chi connectivity index (χ1n) is 6.88. The van der Waals surface area contributed by atoms with E-state index in [-0.39, 0.29) is 11.4 Å². The summed E-state index contributed by atoms with van der Waals surface area (Å²) in [6.45, 7) is 1.32. The maximum Gasteiger partial charge on any atom is 0.243 e. The van der Waals surface area contributed by atoms with Crippen LogP contribution in [0.2, 0.25) is 0 Å². The highest BCUT2D eigenvalue weighted by atomic mass is 32.2. The first-order valence-corrected chi connectivity index (χ1v) is 8.32. The Morgan fingerprint density at radius 1 is 1.09 bits per heavy atom. The molecule has 0 aliphatic carbocycles. The summed E-state index contributed by atoms with van der Waals surface area (Å²) in [7, 11) is -3.88. The summed E-state index contributed by atoms with van der Waals surface area (Å²) in [4.78, 5) is 11.3. The zero-order chi connectivity index (χ0) is 17.0. The predicted molar refractivity (Wildman–Crippen MR) is 84.4 cm³/mol. The summed E-state index contributed by atoms with van der Waals surface area (Å²) in [5, 5.41) is 0. The van der Waals surface area contributed by atoms with Gasteiger partial charge in [0.05, 0.1) is 11.4 Å². The van der Waals surface area contributed by atoms with E-state index in [2.05, 4.69) is 0 Å². The van der Waals surface area contributed by atoms with Crippen molar-refractivity contribution in [1.29, 1.82) is 0 Å². The molecule has 0 radical (unpaired) electrons. The summed E-state index contributed by atoms with van der Waals surface area (Å²) < 4.78 is 39.3. The molecule has 0 unspecified atom stereocenters. The summed E-state index contributed by atoms with van der Waals surface area (Å²) in [5.41, 5.74) is 6.64. The molecule has 0 aliphatic heterocycles. The third kappa shape index (κ3) is 4.37. The van der Waals surface area contributed by atoms with Crippen molar-refractivity contribution in [3.8, 4) is 0 Å². The van der Waals surface area contributed by atoms with Gasteiger partial charge in [-0.25, -0.2) is 12.8 Å². The Labute approximate surface area is 134 Å². The number of nitrogens with two attached hydrogens (primary N) is 1. The van der Waals surface area contributed by atoms with Gasteiger partial charge in [0, 0.05) is 6.54 Å². The van der Waals surface area contributed by atoms with Gasteiger partial charge in [0.25, 0.3) is 0 Å². The van der Waals surface area contributed by atoms with Gasteiger partial charge in [0.15, 0.2) is 0 Å². The normalized spacial score (nSPS) is 11.6. The first kappa shape index (κ1) is 17.1. The van der Waals surface area contributed by atoms with Crippen LogP contribution in [-0.4, -0.2) is 25.2 Å². The van der Waals surface area contributed by atoms with Crippen LogP contribution < -0.4 is 5.73 Å². The second kappa shape index (κ2) is 6.89. The van der Waals surface area contributed by atoms with Crippen molar-refractivity contribution in [1.82, 2.24) is 4.31 Å². The van der Waals surface area contributed by atoms with Crippen molar-refractivity contribution in [2.45, 2.75) is 18.4 Å². The van der Waals surface area contributed by atoms with Crippen LogP contribution in [0.25, 0.3) is 0 Å². The molecule has 2 aromatic rings. The van der Waals surface area contributed by atoms with E-state index in [1.807, 2.05) is 6.92 Å². The fourth-order valence-electron chi connectivity index (χ4n) is 2.05. The van der Waals surface area contributed by atoms with Gasteiger partial charge in [0.1, 0.15) is 5.82 Å². The van der Waals surface area contributed by atoms with E-state index in [1.54, 1.807) is 12.1 Å². The number of amides is 1. The largest absolute Gasteiger partial charge is 0.369 e. The van der Waals surface area contributed by atoms with Gasteiger partial charge >= 0.3 is 0 Å². The number of benzene rings is 2. The van der Waals surface area contributed by atoms with Crippen LogP contribution in [0.4, 0.5) is 4.39 Å². The molecule has 23 heavy (non-hydrogen) atoms. The van der Waals surface area contributed by atoms with Crippen molar-refractivity contribution in [2.24, 2.45) is 5.73 Å². The van der Waals surface area contributed by atoms with Gasteiger partial charge in [-0.15, -0.1) is 0 Å². The van der Waals surface area contributed by atoms with Crippen molar-refractivity contribution >= 4 is 15.9 Å². The van der Waals surface area contributed by atoms with Crippen molar-refractivity contribution < 1.29 is 17.6 Å². The molecule has 7 heteroatoms. The summed E-state index contributed by atoms with van der Waals surface area (Å²) in [6.07, 6.45) is 0. The number of hydrogen-bond donors (Lipinski definition) is 1. The Bertz CT molecular complexity index is 787. The van der Waals surface area contributed by atoms with E-state index < -0.39 is 28.3 Å². The van der Waals surface area contributed by atoms with Crippen molar-refractivity contribution in [3.05, 3.63) is 65.5 Å². The second-order valence-electron chi connectivity index (χ2n) is 5.18. The van der Waals surface area contributed by atoms with E-state index in [0.29, 0.717) is 5.56 Å². The van der Waals surface area contributed by atoms with E-state index in [9.17, 15) is 17.6 Å². The Kier molecular flexibility index (Phi) is 5.12. The van der Waals surface area contributed by atoms with Crippen LogP contribution >= 0.6 is 0 Å². The van der Waals surface area contributed by atoms with Gasteiger partial charge in [-0.2, -0.15) is 4.31 Å². The Morgan fingerprint density at radius 3 is 2.17 bits per heavy atom. The number of hydrogen-bond acceptors (Lipinski definition) is 3. The van der Waals surface area contributed by atoms with Crippen LogP contribution in [0, 0.1) is 12.7 Å². The molecule has 0 aromatic heterocycles. The fraction of sp³-hybridized carbons (Fsp3) is 0.188. The number of carbonyl (C=O) groups is 1. The van der Waals surface area contributed by atoms with Crippen molar-refractivity contribution in [2.75, 3.05) is 6.54 Å². The molecule has 0 saturated carbocycles. The van der Waals surface area contributed by atoms with E-state index in [4.69, 9.17) is 5.73 Å². The predicted octanol–water partition coefficient (Wildman–Crippen LogP) is 1.81. The molecule has 0 heterocycles. The fourth-order valence-corrected chi connectivity index (χ4v) is 3.45. The maximum absolute atomic E-state index is 13.0. The van der Waals surface area contributed by atoms with Gasteiger partial charge in [0.2, 0.25) is 15.9 Å². The molecule has 0 spiro atoms. The molecular weight excluding hydrogens is 319 g/mol. The SMILES string of the molecule is Cc1ccc(S(=O)(=O)N(CC(N)=O)Cc2ccc(F)cc2)cc1. The first-order chi connectivity index (χ1) is 10.8. The lowest BCUT2D eigenvalue weighted by molar-refractivity contribution is -0.118. The van der Waals surface area contributed by atoms with Gasteiger partial charge in [-0.3, -0.25) is 4.79 Å². The Balaban J connectivity index is 2.34. The monoisotopic (exact) mass is 336 g/mol. The highest BCUT2D eigenvalue weighted by Gasteiger charge is 2.26. The number of nitrogens with zero attached hydrogens (tertiary/aromatic N) is 1. The average molecular weight is 336 g/mol. The molecule has 0 bridgehead atoms. The number of primary amides is 1. The van der Waals surface area contributed by atoms with E-state index in [1.165, 1.54) is 36.4 Å². The number of carbonyl (C=O) groups excluding carboxylic acids is 1. The van der Waals surface area contributed by atoms with Gasteiger partial charge in [-0.1, -0.05) is 29.8 Å². The third-order valence-corrected chi connectivity index (χ3v) is 5.07. The molecular formula is C16H17FN2O3S. The Morgan fingerprint density at radius 2 is 1.65 bits per heavy atom. The molecule has 0 atom stereocenters. The Hall–Kier alpha value is -2.25. The van der Waals surface area contributed by atoms with Crippen LogP contribution in [0.1, 0.15) is 11.1 Å². The lowest BCUT2D eigenvalue weighted by Crippen LogP contribution is -2.38. The van der Waals surface area contributed by atoms with Crippen LogP contribution in [0.3, 0.4) is 0 Å². The molecule has 2 aromatic carbocycles. The average Bonchev–Trinajstić information content (AvgIpc) is 2.49. The second-order valence-corrected chi connectivity index (χ2v) is 7.12. The lowest BCUT2D eigenvalue weighted by atomic mass is 10.2. The van der Waals surface area contributed by atoms with Crippen molar-refractivity contribution in [3.63, 3.8) is 0 Å². The highest BCUT2D eigenvalue weighted by Crippen LogP contribution is 2.19. The maximum atomic E-state index is 13.0. The van der Waals surface area contributed by atoms with Gasteiger partial charge in [-0.05, 0) is 36.8 Å². The van der Waals surface area contributed by atoms with Crippen LogP contribution in [-0.2, 0) is 21.4 Å². The minimum Gasteiger partial charge on any atom is -0.369 e. The van der Waals surface area contributed by atoms with Gasteiger partial charge < -0.3 is 5.73 Å².